The number of amides is 1. The molecule has 0 radical (unpaired) electrons. The minimum absolute atomic E-state index is 0.0956. The molecule has 1 aliphatic heterocycles. The van der Waals surface area contributed by atoms with Gasteiger partial charge in [0.2, 0.25) is 0 Å². The molecule has 1 aromatic carbocycles. The van der Waals surface area contributed by atoms with Crippen molar-refractivity contribution in [1.82, 2.24) is 5.32 Å². The zero-order chi connectivity index (χ0) is 15.6. The van der Waals surface area contributed by atoms with Crippen molar-refractivity contribution in [2.24, 2.45) is 0 Å². The highest BCUT2D eigenvalue weighted by atomic mass is 16.7. The zero-order valence-electron chi connectivity index (χ0n) is 12.2. The molecule has 1 aromatic rings. The van der Waals surface area contributed by atoms with Gasteiger partial charge in [0, 0.05) is 24.2 Å². The van der Waals surface area contributed by atoms with Crippen molar-refractivity contribution < 1.29 is 19.2 Å². The van der Waals surface area contributed by atoms with Crippen LogP contribution in [0.5, 0.6) is 0 Å². The van der Waals surface area contributed by atoms with Crippen LogP contribution in [-0.4, -0.2) is 35.9 Å². The van der Waals surface area contributed by atoms with Crippen molar-refractivity contribution in [3.05, 3.63) is 39.4 Å². The van der Waals surface area contributed by atoms with Gasteiger partial charge in [-0.25, -0.2) is 0 Å². The van der Waals surface area contributed by atoms with E-state index in [0.29, 0.717) is 18.7 Å². The van der Waals surface area contributed by atoms with Crippen LogP contribution in [0, 0.1) is 17.0 Å². The summed E-state index contributed by atoms with van der Waals surface area (Å²) in [7, 11) is 0. The molecule has 7 heteroatoms. The summed E-state index contributed by atoms with van der Waals surface area (Å²) in [5.41, 5.74) is 0.831. The first kappa shape index (κ1) is 15.4. The Morgan fingerprint density at radius 2 is 2.19 bits per heavy atom. The van der Waals surface area contributed by atoms with Crippen molar-refractivity contribution in [3.8, 4) is 0 Å². The number of carbonyl (C=O) groups is 1. The van der Waals surface area contributed by atoms with Crippen LogP contribution >= 0.6 is 0 Å². The molecule has 0 spiro atoms. The molecule has 0 saturated carbocycles. The molecule has 7 nitrogen and oxygen atoms in total. The van der Waals surface area contributed by atoms with Gasteiger partial charge in [0.1, 0.15) is 6.10 Å². The summed E-state index contributed by atoms with van der Waals surface area (Å²) in [5, 5.41) is 13.5. The fourth-order valence-electron chi connectivity index (χ4n) is 2.17. The summed E-state index contributed by atoms with van der Waals surface area (Å²) in [4.78, 5) is 22.3. The lowest BCUT2D eigenvalue weighted by Crippen LogP contribution is -2.34. The molecule has 1 N–H and O–H groups in total. The highest BCUT2D eigenvalue weighted by molar-refractivity contribution is 5.95. The maximum Gasteiger partial charge on any atom is 0.270 e. The summed E-state index contributed by atoms with van der Waals surface area (Å²) >= 11 is 0. The zero-order valence-corrected chi connectivity index (χ0v) is 12.2. The Kier molecular flexibility index (Phi) is 4.24. The smallest absolute Gasteiger partial charge is 0.270 e. The van der Waals surface area contributed by atoms with E-state index in [-0.39, 0.29) is 23.3 Å². The number of nitro benzene ring substituents is 1. The predicted octanol–water partition coefficient (Wildman–Crippen LogP) is 1.78. The normalized spacial score (nSPS) is 20.2. The lowest BCUT2D eigenvalue weighted by atomic mass is 10.1. The number of benzene rings is 1. The van der Waals surface area contributed by atoms with Gasteiger partial charge in [-0.3, -0.25) is 14.9 Å². The van der Waals surface area contributed by atoms with Crippen LogP contribution < -0.4 is 5.32 Å². The minimum Gasteiger partial charge on any atom is -0.349 e. The minimum atomic E-state index is -0.641. The standard InChI is InChI=1S/C14H18N2O5/c1-9-4-10(6-11(5-9)16(18)19)13(17)15-7-12-8-20-14(2,3)21-12/h4-6,12H,7-8H2,1-3H3,(H,15,17). The number of nitrogens with zero attached hydrogens (tertiary/aromatic N) is 1. The number of hydrogen-bond acceptors (Lipinski definition) is 5. The van der Waals surface area contributed by atoms with Crippen LogP contribution in [0.1, 0.15) is 29.8 Å². The maximum atomic E-state index is 12.1. The quantitative estimate of drug-likeness (QED) is 0.675. The molecule has 114 valence electrons. The summed E-state index contributed by atoms with van der Waals surface area (Å²) in [6.45, 7) is 6.02. The molecule has 1 aliphatic rings. The second-order valence-electron chi connectivity index (χ2n) is 5.48. The molecule has 21 heavy (non-hydrogen) atoms. The van der Waals surface area contributed by atoms with Crippen molar-refractivity contribution in [1.29, 1.82) is 0 Å². The molecule has 1 amide bonds. The van der Waals surface area contributed by atoms with Crippen LogP contribution in [0.2, 0.25) is 0 Å². The van der Waals surface area contributed by atoms with Crippen LogP contribution in [0.4, 0.5) is 5.69 Å². The van der Waals surface area contributed by atoms with E-state index < -0.39 is 10.7 Å². The molecule has 0 aliphatic carbocycles. The second-order valence-corrected chi connectivity index (χ2v) is 5.48. The Labute approximate surface area is 122 Å². The highest BCUT2D eigenvalue weighted by Gasteiger charge is 2.32. The predicted molar refractivity (Wildman–Crippen MR) is 75.1 cm³/mol. The average Bonchev–Trinajstić information content (AvgIpc) is 2.74. The number of non-ortho nitro benzene ring substituents is 1. The third-order valence-electron chi connectivity index (χ3n) is 3.09. The maximum absolute atomic E-state index is 12.1. The third-order valence-corrected chi connectivity index (χ3v) is 3.09. The first-order valence-corrected chi connectivity index (χ1v) is 6.63. The number of hydrogen-bond donors (Lipinski definition) is 1. The molecule has 0 aromatic heterocycles. The molecular weight excluding hydrogens is 276 g/mol. The van der Waals surface area contributed by atoms with E-state index in [1.165, 1.54) is 12.1 Å². The van der Waals surface area contributed by atoms with E-state index in [1.54, 1.807) is 26.8 Å². The van der Waals surface area contributed by atoms with Crippen molar-refractivity contribution in [3.63, 3.8) is 0 Å². The molecule has 1 saturated heterocycles. The fourth-order valence-corrected chi connectivity index (χ4v) is 2.17. The number of carbonyl (C=O) groups excluding carboxylic acids is 1. The van der Waals surface area contributed by atoms with E-state index in [1.807, 2.05) is 0 Å². The topological polar surface area (TPSA) is 90.7 Å². The number of ether oxygens (including phenoxy) is 2. The second kappa shape index (κ2) is 5.79. The Balaban J connectivity index is 1.99. The summed E-state index contributed by atoms with van der Waals surface area (Å²) in [6.07, 6.45) is -0.219. The Morgan fingerprint density at radius 3 is 2.76 bits per heavy atom. The van der Waals surface area contributed by atoms with E-state index >= 15 is 0 Å². The monoisotopic (exact) mass is 294 g/mol. The van der Waals surface area contributed by atoms with E-state index in [2.05, 4.69) is 5.32 Å². The van der Waals surface area contributed by atoms with E-state index in [9.17, 15) is 14.9 Å². The van der Waals surface area contributed by atoms with Gasteiger partial charge in [0.05, 0.1) is 11.5 Å². The molecule has 1 unspecified atom stereocenters. The molecule has 1 fully saturated rings. The van der Waals surface area contributed by atoms with Crippen molar-refractivity contribution >= 4 is 11.6 Å². The van der Waals surface area contributed by atoms with Crippen LogP contribution in [-0.2, 0) is 9.47 Å². The number of rotatable bonds is 4. The van der Waals surface area contributed by atoms with Gasteiger partial charge in [0.25, 0.3) is 11.6 Å². The molecular formula is C14H18N2O5. The van der Waals surface area contributed by atoms with Crippen LogP contribution in [0.15, 0.2) is 18.2 Å². The van der Waals surface area contributed by atoms with Gasteiger partial charge < -0.3 is 14.8 Å². The first-order chi connectivity index (χ1) is 9.77. The highest BCUT2D eigenvalue weighted by Crippen LogP contribution is 2.22. The Hall–Kier alpha value is -1.99. The molecule has 2 rings (SSSR count). The van der Waals surface area contributed by atoms with Gasteiger partial charge in [-0.05, 0) is 32.4 Å². The summed E-state index contributed by atoms with van der Waals surface area (Å²) in [6, 6.07) is 4.30. The van der Waals surface area contributed by atoms with E-state index in [0.717, 1.165) is 0 Å². The number of aryl methyl sites for hydroxylation is 1. The first-order valence-electron chi connectivity index (χ1n) is 6.63. The Morgan fingerprint density at radius 1 is 1.48 bits per heavy atom. The molecule has 1 atom stereocenters. The third kappa shape index (κ3) is 3.99. The molecule has 0 bridgehead atoms. The summed E-state index contributed by atoms with van der Waals surface area (Å²) < 4.78 is 11.0. The molecule has 1 heterocycles. The Bertz CT molecular complexity index is 570. The lowest BCUT2D eigenvalue weighted by Gasteiger charge is -2.17. The van der Waals surface area contributed by atoms with Gasteiger partial charge in [0.15, 0.2) is 5.79 Å². The average molecular weight is 294 g/mol. The SMILES string of the molecule is Cc1cc(C(=O)NCC2COC(C)(C)O2)cc([N+](=O)[O-])c1. The van der Waals surface area contributed by atoms with Gasteiger partial charge in [-0.15, -0.1) is 0 Å². The lowest BCUT2D eigenvalue weighted by molar-refractivity contribution is -0.384. The van der Waals surface area contributed by atoms with Gasteiger partial charge >= 0.3 is 0 Å². The van der Waals surface area contributed by atoms with Crippen molar-refractivity contribution in [2.45, 2.75) is 32.7 Å². The summed E-state index contributed by atoms with van der Waals surface area (Å²) in [5.74, 6) is -1.01. The van der Waals surface area contributed by atoms with Crippen LogP contribution in [0.25, 0.3) is 0 Å². The number of nitrogens with one attached hydrogen (secondary N) is 1. The van der Waals surface area contributed by atoms with Crippen molar-refractivity contribution in [2.75, 3.05) is 13.2 Å². The fraction of sp³-hybridized carbons (Fsp3) is 0.500. The van der Waals surface area contributed by atoms with Crippen LogP contribution in [0.3, 0.4) is 0 Å². The van der Waals surface area contributed by atoms with E-state index in [4.69, 9.17) is 9.47 Å². The van der Waals surface area contributed by atoms with Gasteiger partial charge in [-0.1, -0.05) is 0 Å². The largest absolute Gasteiger partial charge is 0.349 e. The van der Waals surface area contributed by atoms with Gasteiger partial charge in [-0.2, -0.15) is 0 Å². The number of nitro groups is 1.